The van der Waals surface area contributed by atoms with Gasteiger partial charge in [0.15, 0.2) is 11.6 Å². The standard InChI is InChI=1S/C23H24N4O3/c1-13-8-9-18(30-13)20-19-16(11-23(2,3)12-17(19)28)24-22-25-21(26-27(20)22)14-6-5-7-15(10-14)29-4/h5-10,20H,11-12H2,1-4H3,(H,24,25,26). The molecule has 7 heteroatoms. The number of ether oxygens (including phenoxy) is 1. The monoisotopic (exact) mass is 404 g/mol. The van der Waals surface area contributed by atoms with Gasteiger partial charge in [0.25, 0.3) is 0 Å². The van der Waals surface area contributed by atoms with E-state index in [9.17, 15) is 4.79 Å². The van der Waals surface area contributed by atoms with Crippen LogP contribution in [0.15, 0.2) is 52.1 Å². The van der Waals surface area contributed by atoms with E-state index < -0.39 is 6.04 Å². The predicted octanol–water partition coefficient (Wildman–Crippen LogP) is 4.51. The highest BCUT2D eigenvalue weighted by Gasteiger charge is 2.43. The number of methoxy groups -OCH3 is 1. The van der Waals surface area contributed by atoms with Crippen LogP contribution in [0.3, 0.4) is 0 Å². The average Bonchev–Trinajstić information content (AvgIpc) is 3.31. The first-order valence-corrected chi connectivity index (χ1v) is 10.1. The minimum atomic E-state index is -0.430. The van der Waals surface area contributed by atoms with Gasteiger partial charge in [0, 0.05) is 23.3 Å². The van der Waals surface area contributed by atoms with Crippen molar-refractivity contribution in [3.63, 3.8) is 0 Å². The number of carbonyl (C=O) groups excluding carboxylic acids is 1. The van der Waals surface area contributed by atoms with E-state index in [1.807, 2.05) is 43.3 Å². The maximum absolute atomic E-state index is 13.2. The van der Waals surface area contributed by atoms with Crippen LogP contribution in [0.4, 0.5) is 5.95 Å². The van der Waals surface area contributed by atoms with Gasteiger partial charge in [-0.25, -0.2) is 4.68 Å². The molecule has 0 fully saturated rings. The second-order valence-electron chi connectivity index (χ2n) is 8.74. The molecule has 1 aromatic carbocycles. The number of furan rings is 1. The topological polar surface area (TPSA) is 82.2 Å². The summed E-state index contributed by atoms with van der Waals surface area (Å²) in [6, 6.07) is 11.0. The Morgan fingerprint density at radius 1 is 1.23 bits per heavy atom. The molecule has 30 heavy (non-hydrogen) atoms. The van der Waals surface area contributed by atoms with Crippen molar-refractivity contribution < 1.29 is 13.9 Å². The predicted molar refractivity (Wildman–Crippen MR) is 112 cm³/mol. The van der Waals surface area contributed by atoms with E-state index >= 15 is 0 Å². The molecule has 3 heterocycles. The fourth-order valence-electron chi connectivity index (χ4n) is 4.36. The van der Waals surface area contributed by atoms with Crippen LogP contribution in [0.1, 0.15) is 44.3 Å². The second kappa shape index (κ2) is 6.58. The van der Waals surface area contributed by atoms with Gasteiger partial charge in [-0.2, -0.15) is 4.98 Å². The molecule has 1 unspecified atom stereocenters. The Morgan fingerprint density at radius 2 is 2.07 bits per heavy atom. The van der Waals surface area contributed by atoms with Crippen LogP contribution in [0.5, 0.6) is 5.75 Å². The molecular formula is C23H24N4O3. The number of Topliss-reactive ketones (excluding diaryl/α,β-unsaturated/α-hetero) is 1. The van der Waals surface area contributed by atoms with Gasteiger partial charge in [0.2, 0.25) is 5.95 Å². The number of allylic oxidation sites excluding steroid dienone is 2. The maximum Gasteiger partial charge on any atom is 0.227 e. The van der Waals surface area contributed by atoms with Crippen LogP contribution >= 0.6 is 0 Å². The largest absolute Gasteiger partial charge is 0.497 e. The first-order valence-electron chi connectivity index (χ1n) is 10.1. The van der Waals surface area contributed by atoms with Crippen molar-refractivity contribution >= 4 is 11.7 Å². The third kappa shape index (κ3) is 3.01. The van der Waals surface area contributed by atoms with E-state index in [0.717, 1.165) is 34.8 Å². The fourth-order valence-corrected chi connectivity index (χ4v) is 4.36. The molecule has 1 aliphatic heterocycles. The number of rotatable bonds is 3. The lowest BCUT2D eigenvalue weighted by Crippen LogP contribution is -2.36. The molecule has 0 saturated heterocycles. The zero-order valence-corrected chi connectivity index (χ0v) is 17.5. The summed E-state index contributed by atoms with van der Waals surface area (Å²) in [5.74, 6) is 3.52. The lowest BCUT2D eigenvalue weighted by Gasteiger charge is -2.37. The van der Waals surface area contributed by atoms with E-state index in [1.54, 1.807) is 11.8 Å². The number of hydrogen-bond acceptors (Lipinski definition) is 6. The summed E-state index contributed by atoms with van der Waals surface area (Å²) in [7, 11) is 1.63. The SMILES string of the molecule is COc1cccc(-c2nc3n(n2)C(c2ccc(C)o2)C2=C(CC(C)(C)CC2=O)N3)c1. The van der Waals surface area contributed by atoms with Gasteiger partial charge in [0.1, 0.15) is 23.3 Å². The fraction of sp³-hybridized carbons (Fsp3) is 0.348. The molecule has 2 aromatic heterocycles. The van der Waals surface area contributed by atoms with Crippen molar-refractivity contribution in [3.8, 4) is 17.1 Å². The molecule has 0 saturated carbocycles. The zero-order valence-electron chi connectivity index (χ0n) is 17.5. The van der Waals surface area contributed by atoms with Gasteiger partial charge in [-0.3, -0.25) is 4.79 Å². The van der Waals surface area contributed by atoms with Crippen LogP contribution in [0, 0.1) is 12.3 Å². The Balaban J connectivity index is 1.66. The molecule has 154 valence electrons. The molecule has 1 atom stereocenters. The van der Waals surface area contributed by atoms with E-state index in [2.05, 4.69) is 19.2 Å². The normalized spacial score (nSPS) is 19.9. The summed E-state index contributed by atoms with van der Waals surface area (Å²) >= 11 is 0. The average molecular weight is 404 g/mol. The van der Waals surface area contributed by atoms with Crippen molar-refractivity contribution in [2.24, 2.45) is 5.41 Å². The third-order valence-corrected chi connectivity index (χ3v) is 5.69. The van der Waals surface area contributed by atoms with Crippen molar-refractivity contribution in [1.29, 1.82) is 0 Å². The Bertz CT molecular complexity index is 1180. The number of carbonyl (C=O) groups is 1. The number of anilines is 1. The van der Waals surface area contributed by atoms with Crippen LogP contribution < -0.4 is 10.1 Å². The Kier molecular flexibility index (Phi) is 4.10. The van der Waals surface area contributed by atoms with E-state index in [4.69, 9.17) is 19.2 Å². The van der Waals surface area contributed by atoms with Gasteiger partial charge >= 0.3 is 0 Å². The highest BCUT2D eigenvalue weighted by molar-refractivity contribution is 6.00. The number of fused-ring (bicyclic) bond motifs is 1. The van der Waals surface area contributed by atoms with E-state index in [1.165, 1.54) is 0 Å². The van der Waals surface area contributed by atoms with Crippen molar-refractivity contribution in [3.05, 3.63) is 59.2 Å². The number of nitrogens with zero attached hydrogens (tertiary/aromatic N) is 3. The van der Waals surface area contributed by atoms with Crippen LogP contribution in [-0.4, -0.2) is 27.7 Å². The van der Waals surface area contributed by atoms with Crippen LogP contribution in [0.2, 0.25) is 0 Å². The van der Waals surface area contributed by atoms with Crippen LogP contribution in [0.25, 0.3) is 11.4 Å². The number of hydrogen-bond donors (Lipinski definition) is 1. The summed E-state index contributed by atoms with van der Waals surface area (Å²) in [6.07, 6.45) is 1.27. The van der Waals surface area contributed by atoms with E-state index in [-0.39, 0.29) is 11.2 Å². The summed E-state index contributed by atoms with van der Waals surface area (Å²) < 4.78 is 13.1. The number of aryl methyl sites for hydroxylation is 1. The molecule has 7 nitrogen and oxygen atoms in total. The Labute approximate surface area is 174 Å². The molecule has 5 rings (SSSR count). The third-order valence-electron chi connectivity index (χ3n) is 5.69. The molecular weight excluding hydrogens is 380 g/mol. The lowest BCUT2D eigenvalue weighted by atomic mass is 9.73. The minimum Gasteiger partial charge on any atom is -0.497 e. The van der Waals surface area contributed by atoms with E-state index in [0.29, 0.717) is 24.0 Å². The summed E-state index contributed by atoms with van der Waals surface area (Å²) in [5.41, 5.74) is 2.37. The minimum absolute atomic E-state index is 0.107. The summed E-state index contributed by atoms with van der Waals surface area (Å²) in [5, 5.41) is 8.15. The number of ketones is 1. The first kappa shape index (κ1) is 18.7. The molecule has 0 radical (unpaired) electrons. The number of nitrogens with one attached hydrogen (secondary N) is 1. The van der Waals surface area contributed by atoms with Crippen LogP contribution in [-0.2, 0) is 4.79 Å². The highest BCUT2D eigenvalue weighted by Crippen LogP contribution is 2.46. The Hall–Kier alpha value is -3.35. The van der Waals surface area contributed by atoms with Gasteiger partial charge < -0.3 is 14.5 Å². The van der Waals surface area contributed by atoms with Crippen molar-refractivity contribution in [2.45, 2.75) is 39.7 Å². The second-order valence-corrected chi connectivity index (χ2v) is 8.74. The molecule has 0 spiro atoms. The highest BCUT2D eigenvalue weighted by atomic mass is 16.5. The quantitative estimate of drug-likeness (QED) is 0.691. The zero-order chi connectivity index (χ0) is 21.0. The molecule has 0 bridgehead atoms. The van der Waals surface area contributed by atoms with Gasteiger partial charge in [-0.1, -0.05) is 26.0 Å². The number of benzene rings is 1. The molecule has 2 aliphatic rings. The molecule has 3 aromatic rings. The molecule has 1 N–H and O–H groups in total. The van der Waals surface area contributed by atoms with Crippen molar-refractivity contribution in [1.82, 2.24) is 14.8 Å². The molecule has 1 aliphatic carbocycles. The maximum atomic E-state index is 13.2. The number of aromatic nitrogens is 3. The Morgan fingerprint density at radius 3 is 2.80 bits per heavy atom. The smallest absolute Gasteiger partial charge is 0.227 e. The summed E-state index contributed by atoms with van der Waals surface area (Å²) in [6.45, 7) is 6.13. The first-order chi connectivity index (χ1) is 14.3. The summed E-state index contributed by atoms with van der Waals surface area (Å²) in [4.78, 5) is 17.9. The molecule has 0 amide bonds. The lowest BCUT2D eigenvalue weighted by molar-refractivity contribution is -0.118. The van der Waals surface area contributed by atoms with Gasteiger partial charge in [-0.15, -0.1) is 5.10 Å². The van der Waals surface area contributed by atoms with Gasteiger partial charge in [-0.05, 0) is 43.0 Å². The van der Waals surface area contributed by atoms with Crippen molar-refractivity contribution in [2.75, 3.05) is 12.4 Å². The van der Waals surface area contributed by atoms with Gasteiger partial charge in [0.05, 0.1) is 7.11 Å².